The summed E-state index contributed by atoms with van der Waals surface area (Å²) in [5, 5.41) is 9.40. The van der Waals surface area contributed by atoms with Crippen LogP contribution in [0.1, 0.15) is 12.5 Å². The first-order chi connectivity index (χ1) is 12.1. The molecule has 1 heterocycles. The molecule has 1 aromatic heterocycles. The van der Waals surface area contributed by atoms with Crippen LogP contribution in [-0.4, -0.2) is 44.4 Å². The Labute approximate surface area is 153 Å². The van der Waals surface area contributed by atoms with E-state index in [1.807, 2.05) is 22.8 Å². The molecule has 1 amide bonds. The van der Waals surface area contributed by atoms with Gasteiger partial charge < -0.3 is 9.47 Å². The number of aromatic nitrogens is 3. The van der Waals surface area contributed by atoms with Crippen LogP contribution in [0.5, 0.6) is 0 Å². The van der Waals surface area contributed by atoms with Gasteiger partial charge >= 0.3 is 0 Å². The van der Waals surface area contributed by atoms with Gasteiger partial charge in [0.15, 0.2) is 11.0 Å². The Morgan fingerprint density at radius 1 is 1.24 bits per heavy atom. The van der Waals surface area contributed by atoms with E-state index in [1.165, 1.54) is 11.8 Å². The van der Waals surface area contributed by atoms with Crippen LogP contribution in [0.2, 0.25) is 0 Å². The molecule has 2 rings (SSSR count). The summed E-state index contributed by atoms with van der Waals surface area (Å²) in [7, 11) is 0. The average molecular weight is 356 g/mol. The van der Waals surface area contributed by atoms with Gasteiger partial charge in [-0.15, -0.1) is 23.4 Å². The summed E-state index contributed by atoms with van der Waals surface area (Å²) in [4.78, 5) is 14.1. The first kappa shape index (κ1) is 19.0. The molecular weight excluding hydrogens is 332 g/mol. The second kappa shape index (κ2) is 9.22. The first-order valence-electron chi connectivity index (χ1n) is 8.23. The van der Waals surface area contributed by atoms with Gasteiger partial charge in [0.2, 0.25) is 5.91 Å². The van der Waals surface area contributed by atoms with Crippen molar-refractivity contribution in [2.75, 3.05) is 18.8 Å². The zero-order chi connectivity index (χ0) is 18.2. The zero-order valence-corrected chi connectivity index (χ0v) is 15.6. The van der Waals surface area contributed by atoms with Crippen LogP contribution in [0.4, 0.5) is 0 Å². The largest absolute Gasteiger partial charge is 0.335 e. The molecule has 0 N–H and O–H groups in total. The predicted octanol–water partition coefficient (Wildman–Crippen LogP) is 3.57. The number of carbonyl (C=O) groups excluding carboxylic acids is 1. The molecule has 1 aromatic carbocycles. The standard InChI is InChI=1S/C19H24N4OS/c1-5-12-22(13-6-2)17(24)14-25-19-21-20-18(23(19)7-3)16-11-9-8-10-15(16)4/h5-6,8-11H,1-2,7,12-14H2,3-4H3. The van der Waals surface area contributed by atoms with Crippen molar-refractivity contribution in [2.24, 2.45) is 0 Å². The molecule has 0 saturated heterocycles. The Bertz CT molecular complexity index is 744. The highest BCUT2D eigenvalue weighted by molar-refractivity contribution is 7.99. The Balaban J connectivity index is 2.16. The molecule has 6 heteroatoms. The van der Waals surface area contributed by atoms with E-state index in [4.69, 9.17) is 0 Å². The molecule has 2 aromatic rings. The first-order valence-corrected chi connectivity index (χ1v) is 9.22. The fraction of sp³-hybridized carbons (Fsp3) is 0.316. The number of rotatable bonds is 9. The van der Waals surface area contributed by atoms with Crippen molar-refractivity contribution >= 4 is 17.7 Å². The summed E-state index contributed by atoms with van der Waals surface area (Å²) in [6.45, 7) is 13.3. The van der Waals surface area contributed by atoms with E-state index in [-0.39, 0.29) is 5.91 Å². The molecule has 0 spiro atoms. The van der Waals surface area contributed by atoms with E-state index in [0.717, 1.165) is 28.7 Å². The lowest BCUT2D eigenvalue weighted by molar-refractivity contribution is -0.127. The summed E-state index contributed by atoms with van der Waals surface area (Å²) < 4.78 is 2.05. The van der Waals surface area contributed by atoms with Gasteiger partial charge in [-0.1, -0.05) is 48.2 Å². The van der Waals surface area contributed by atoms with Gasteiger partial charge in [-0.25, -0.2) is 0 Å². The van der Waals surface area contributed by atoms with E-state index < -0.39 is 0 Å². The minimum atomic E-state index is 0.0351. The number of thioether (sulfide) groups is 1. The highest BCUT2D eigenvalue weighted by atomic mass is 32.2. The third-order valence-electron chi connectivity index (χ3n) is 3.80. The number of carbonyl (C=O) groups is 1. The van der Waals surface area contributed by atoms with Crippen LogP contribution in [0, 0.1) is 6.92 Å². The van der Waals surface area contributed by atoms with Gasteiger partial charge in [0.25, 0.3) is 0 Å². The lowest BCUT2D eigenvalue weighted by Crippen LogP contribution is -2.32. The monoisotopic (exact) mass is 356 g/mol. The molecule has 0 radical (unpaired) electrons. The van der Waals surface area contributed by atoms with Crippen molar-refractivity contribution in [1.82, 2.24) is 19.7 Å². The van der Waals surface area contributed by atoms with Crippen molar-refractivity contribution in [1.29, 1.82) is 0 Å². The van der Waals surface area contributed by atoms with Crippen LogP contribution < -0.4 is 0 Å². The van der Waals surface area contributed by atoms with Crippen LogP contribution in [0.3, 0.4) is 0 Å². The van der Waals surface area contributed by atoms with E-state index >= 15 is 0 Å². The molecule has 25 heavy (non-hydrogen) atoms. The topological polar surface area (TPSA) is 51.0 Å². The maximum absolute atomic E-state index is 12.4. The maximum Gasteiger partial charge on any atom is 0.233 e. The molecule has 0 aliphatic carbocycles. The smallest absolute Gasteiger partial charge is 0.233 e. The minimum Gasteiger partial charge on any atom is -0.335 e. The highest BCUT2D eigenvalue weighted by Gasteiger charge is 2.17. The van der Waals surface area contributed by atoms with E-state index in [1.54, 1.807) is 17.1 Å². The number of hydrogen-bond acceptors (Lipinski definition) is 4. The third-order valence-corrected chi connectivity index (χ3v) is 4.75. The fourth-order valence-corrected chi connectivity index (χ4v) is 3.42. The number of hydrogen-bond donors (Lipinski definition) is 0. The third kappa shape index (κ3) is 4.60. The zero-order valence-electron chi connectivity index (χ0n) is 14.8. The summed E-state index contributed by atoms with van der Waals surface area (Å²) in [6, 6.07) is 8.10. The van der Waals surface area contributed by atoms with Crippen LogP contribution in [-0.2, 0) is 11.3 Å². The predicted molar refractivity (Wildman–Crippen MR) is 104 cm³/mol. The normalized spacial score (nSPS) is 10.5. The molecule has 0 aliphatic heterocycles. The fourth-order valence-electron chi connectivity index (χ4n) is 2.51. The summed E-state index contributed by atoms with van der Waals surface area (Å²) >= 11 is 1.41. The Hall–Kier alpha value is -2.34. The molecule has 0 atom stereocenters. The van der Waals surface area contributed by atoms with Gasteiger partial charge in [0, 0.05) is 25.2 Å². The van der Waals surface area contributed by atoms with Gasteiger partial charge in [-0.05, 0) is 19.4 Å². The molecule has 5 nitrogen and oxygen atoms in total. The molecular formula is C19H24N4OS. The Kier molecular flexibility index (Phi) is 7.01. The lowest BCUT2D eigenvalue weighted by Gasteiger charge is -2.18. The van der Waals surface area contributed by atoms with Gasteiger partial charge in [0.1, 0.15) is 0 Å². The lowest BCUT2D eigenvalue weighted by atomic mass is 10.1. The minimum absolute atomic E-state index is 0.0351. The average Bonchev–Trinajstić information content (AvgIpc) is 3.02. The van der Waals surface area contributed by atoms with Crippen molar-refractivity contribution in [3.63, 3.8) is 0 Å². The number of benzene rings is 1. The number of aryl methyl sites for hydroxylation is 1. The summed E-state index contributed by atoms with van der Waals surface area (Å²) in [5.41, 5.74) is 2.22. The number of nitrogens with zero attached hydrogens (tertiary/aromatic N) is 4. The molecule has 0 saturated carbocycles. The van der Waals surface area contributed by atoms with Crippen LogP contribution >= 0.6 is 11.8 Å². The summed E-state index contributed by atoms with van der Waals surface area (Å²) in [5.74, 6) is 1.19. The van der Waals surface area contributed by atoms with Gasteiger partial charge in [-0.2, -0.15) is 0 Å². The highest BCUT2D eigenvalue weighted by Crippen LogP contribution is 2.26. The Morgan fingerprint density at radius 3 is 2.52 bits per heavy atom. The maximum atomic E-state index is 12.4. The molecule has 132 valence electrons. The van der Waals surface area contributed by atoms with Gasteiger partial charge in [-0.3, -0.25) is 4.79 Å². The summed E-state index contributed by atoms with van der Waals surface area (Å²) in [6.07, 6.45) is 3.44. The SMILES string of the molecule is C=CCN(CC=C)C(=O)CSc1nnc(-c2ccccc2C)n1CC. The Morgan fingerprint density at radius 2 is 1.92 bits per heavy atom. The van der Waals surface area contributed by atoms with Crippen LogP contribution in [0.25, 0.3) is 11.4 Å². The second-order valence-electron chi connectivity index (χ2n) is 5.53. The van der Waals surface area contributed by atoms with E-state index in [2.05, 4.69) is 43.3 Å². The molecule has 0 aliphatic rings. The molecule has 0 unspecified atom stereocenters. The van der Waals surface area contributed by atoms with Crippen molar-refractivity contribution in [3.8, 4) is 11.4 Å². The van der Waals surface area contributed by atoms with Gasteiger partial charge in [0.05, 0.1) is 5.75 Å². The molecule has 0 bridgehead atoms. The van der Waals surface area contributed by atoms with E-state index in [0.29, 0.717) is 18.8 Å². The van der Waals surface area contributed by atoms with Crippen molar-refractivity contribution in [2.45, 2.75) is 25.5 Å². The van der Waals surface area contributed by atoms with Crippen molar-refractivity contribution < 1.29 is 4.79 Å². The number of amides is 1. The van der Waals surface area contributed by atoms with Crippen molar-refractivity contribution in [3.05, 3.63) is 55.1 Å². The quantitative estimate of drug-likeness (QED) is 0.509. The van der Waals surface area contributed by atoms with E-state index in [9.17, 15) is 4.79 Å². The molecule has 0 fully saturated rings. The van der Waals surface area contributed by atoms with Crippen LogP contribution in [0.15, 0.2) is 54.7 Å². The second-order valence-corrected chi connectivity index (χ2v) is 6.47.